The number of rotatable bonds is 6. The number of hydrogen-bond donors (Lipinski definition) is 0. The molecule has 0 spiro atoms. The van der Waals surface area contributed by atoms with Crippen LogP contribution in [0.4, 0.5) is 11.5 Å². The first kappa shape index (κ1) is 32.1. The van der Waals surface area contributed by atoms with Crippen LogP contribution in [0.5, 0.6) is 0 Å². The molecule has 2 unspecified atom stereocenters. The standard InChI is InChI=1S/C48H34N8/c1-3-11-43-37(9-1)39-29-51-21-17-45(39)55(43)47-25-35(33-7-5-19-49-27-33)23-41(53-47)31-13-15-32(16-14-31)42-24-36(34-8-6-20-50-28-34)26-48(54-42)56-44-12-4-2-10-38(44)40-30-52-22-18-46(40)56/h1-13,15,17-30,37,43H,14,16H2. The Bertz CT molecular complexity index is 2890. The fourth-order valence-corrected chi connectivity index (χ4v) is 8.57. The van der Waals surface area contributed by atoms with Crippen LogP contribution in [0.15, 0.2) is 171 Å². The molecule has 2 aliphatic carbocycles. The van der Waals surface area contributed by atoms with Gasteiger partial charge in [-0.15, -0.1) is 0 Å². The zero-order valence-electron chi connectivity index (χ0n) is 30.3. The Morgan fingerprint density at radius 1 is 0.518 bits per heavy atom. The number of aromatic nitrogens is 7. The van der Waals surface area contributed by atoms with Gasteiger partial charge in [0.05, 0.1) is 34.2 Å². The van der Waals surface area contributed by atoms with Crippen LogP contribution in [0.1, 0.15) is 35.7 Å². The number of benzene rings is 1. The minimum atomic E-state index is 0.119. The molecule has 0 saturated heterocycles. The van der Waals surface area contributed by atoms with E-state index in [0.29, 0.717) is 0 Å². The largest absolute Gasteiger partial charge is 0.318 e. The van der Waals surface area contributed by atoms with E-state index in [1.165, 1.54) is 16.7 Å². The molecule has 2 atom stereocenters. The van der Waals surface area contributed by atoms with E-state index < -0.39 is 0 Å². The van der Waals surface area contributed by atoms with Crippen LogP contribution in [0.25, 0.3) is 61.0 Å². The monoisotopic (exact) mass is 722 g/mol. The highest BCUT2D eigenvalue weighted by Crippen LogP contribution is 2.47. The number of fused-ring (bicyclic) bond motifs is 6. The summed E-state index contributed by atoms with van der Waals surface area (Å²) in [5, 5.41) is 2.25. The van der Waals surface area contributed by atoms with Gasteiger partial charge in [0, 0.05) is 83.0 Å². The first-order valence-electron chi connectivity index (χ1n) is 18.9. The van der Waals surface area contributed by atoms with Gasteiger partial charge in [0.15, 0.2) is 0 Å². The summed E-state index contributed by atoms with van der Waals surface area (Å²) in [5.41, 5.74) is 13.0. The lowest BCUT2D eigenvalue weighted by molar-refractivity contribution is 0.736. The normalized spacial score (nSPS) is 17.2. The number of anilines is 2. The summed E-state index contributed by atoms with van der Waals surface area (Å²) in [7, 11) is 0. The van der Waals surface area contributed by atoms with Gasteiger partial charge < -0.3 is 4.90 Å². The zero-order chi connectivity index (χ0) is 37.0. The van der Waals surface area contributed by atoms with E-state index in [4.69, 9.17) is 9.97 Å². The van der Waals surface area contributed by atoms with E-state index in [1.54, 1.807) is 0 Å². The molecular formula is C48H34N8. The zero-order valence-corrected chi connectivity index (χ0v) is 30.3. The fourth-order valence-electron chi connectivity index (χ4n) is 8.57. The molecule has 56 heavy (non-hydrogen) atoms. The predicted molar refractivity (Wildman–Crippen MR) is 223 cm³/mol. The SMILES string of the molecule is C1=CC2c3cnccc3N(c3cc(-c4cccnc4)cc(C4=CC=C(c5cc(-c6cccnc6)cc(-n6c7ccccc7c7cnccc76)n5)CC4)n3)C2C=C1. The highest BCUT2D eigenvalue weighted by atomic mass is 15.2. The van der Waals surface area contributed by atoms with Crippen molar-refractivity contribution in [2.75, 3.05) is 4.90 Å². The molecule has 0 bridgehead atoms. The van der Waals surface area contributed by atoms with E-state index in [1.807, 2.05) is 61.7 Å². The summed E-state index contributed by atoms with van der Waals surface area (Å²) < 4.78 is 2.25. The fraction of sp³-hybridized carbons (Fsp3) is 0.0833. The smallest absolute Gasteiger partial charge is 0.138 e. The third-order valence-corrected chi connectivity index (χ3v) is 11.2. The Balaban J connectivity index is 1.04. The lowest BCUT2D eigenvalue weighted by Gasteiger charge is -2.28. The number of para-hydroxylation sites is 1. The highest BCUT2D eigenvalue weighted by molar-refractivity contribution is 6.08. The Labute approximate surface area is 323 Å². The molecule has 0 radical (unpaired) electrons. The first-order valence-corrected chi connectivity index (χ1v) is 18.9. The average molecular weight is 723 g/mol. The molecule has 8 nitrogen and oxygen atoms in total. The van der Waals surface area contributed by atoms with Gasteiger partial charge in [0.1, 0.15) is 11.6 Å². The van der Waals surface area contributed by atoms with Gasteiger partial charge >= 0.3 is 0 Å². The van der Waals surface area contributed by atoms with Crippen LogP contribution in [-0.2, 0) is 0 Å². The van der Waals surface area contributed by atoms with Gasteiger partial charge in [-0.3, -0.25) is 24.5 Å². The summed E-state index contributed by atoms with van der Waals surface area (Å²) in [6.45, 7) is 0. The molecule has 7 aromatic heterocycles. The van der Waals surface area contributed by atoms with Crippen LogP contribution >= 0.6 is 0 Å². The molecule has 1 aromatic carbocycles. The molecule has 266 valence electrons. The third-order valence-electron chi connectivity index (χ3n) is 11.2. The van der Waals surface area contributed by atoms with Crippen molar-refractivity contribution in [1.82, 2.24) is 34.5 Å². The van der Waals surface area contributed by atoms with Crippen molar-refractivity contribution in [1.29, 1.82) is 0 Å². The van der Waals surface area contributed by atoms with E-state index in [9.17, 15) is 0 Å². The van der Waals surface area contributed by atoms with Crippen molar-refractivity contribution in [2.45, 2.75) is 24.8 Å². The van der Waals surface area contributed by atoms with Crippen molar-refractivity contribution in [2.24, 2.45) is 0 Å². The summed E-state index contributed by atoms with van der Waals surface area (Å²) in [6.07, 6.45) is 30.1. The molecule has 8 heterocycles. The van der Waals surface area contributed by atoms with Gasteiger partial charge in [-0.1, -0.05) is 66.8 Å². The van der Waals surface area contributed by atoms with Gasteiger partial charge in [-0.25, -0.2) is 9.97 Å². The second-order valence-electron chi connectivity index (χ2n) is 14.4. The van der Waals surface area contributed by atoms with Gasteiger partial charge in [-0.2, -0.15) is 0 Å². The minimum absolute atomic E-state index is 0.119. The van der Waals surface area contributed by atoms with E-state index in [2.05, 4.69) is 139 Å². The first-order chi connectivity index (χ1) is 27.8. The van der Waals surface area contributed by atoms with Gasteiger partial charge in [-0.05, 0) is 89.7 Å². The van der Waals surface area contributed by atoms with Crippen LogP contribution in [0.2, 0.25) is 0 Å². The van der Waals surface area contributed by atoms with Crippen LogP contribution < -0.4 is 4.90 Å². The molecule has 0 fully saturated rings. The number of hydrogen-bond acceptors (Lipinski definition) is 7. The summed E-state index contributed by atoms with van der Waals surface area (Å²) in [5.74, 6) is 1.99. The van der Waals surface area contributed by atoms with Crippen LogP contribution in [-0.4, -0.2) is 40.5 Å². The molecule has 1 aliphatic heterocycles. The van der Waals surface area contributed by atoms with E-state index in [-0.39, 0.29) is 12.0 Å². The van der Waals surface area contributed by atoms with Crippen LogP contribution in [0.3, 0.4) is 0 Å². The van der Waals surface area contributed by atoms with Crippen molar-refractivity contribution in [3.05, 3.63) is 188 Å². The lowest BCUT2D eigenvalue weighted by Crippen LogP contribution is -2.29. The van der Waals surface area contributed by atoms with Crippen molar-refractivity contribution in [3.8, 4) is 28.1 Å². The molecule has 0 amide bonds. The van der Waals surface area contributed by atoms with Gasteiger partial charge in [0.2, 0.25) is 0 Å². The summed E-state index contributed by atoms with van der Waals surface area (Å²) in [4.78, 5) is 31.0. The van der Waals surface area contributed by atoms with E-state index >= 15 is 0 Å². The van der Waals surface area contributed by atoms with Crippen molar-refractivity contribution < 1.29 is 0 Å². The number of allylic oxidation sites excluding steroid dienone is 6. The summed E-state index contributed by atoms with van der Waals surface area (Å²) >= 11 is 0. The predicted octanol–water partition coefficient (Wildman–Crippen LogP) is 10.5. The number of nitrogens with zero attached hydrogens (tertiary/aromatic N) is 8. The summed E-state index contributed by atoms with van der Waals surface area (Å²) in [6, 6.07) is 29.7. The molecule has 8 aromatic rings. The van der Waals surface area contributed by atoms with Crippen molar-refractivity contribution >= 4 is 44.5 Å². The second kappa shape index (κ2) is 13.2. The maximum atomic E-state index is 5.41. The maximum absolute atomic E-state index is 5.41. The lowest BCUT2D eigenvalue weighted by atomic mass is 9.92. The Kier molecular flexibility index (Phi) is 7.58. The molecular weight excluding hydrogens is 689 g/mol. The topological polar surface area (TPSA) is 85.5 Å². The molecule has 8 heteroatoms. The third kappa shape index (κ3) is 5.37. The minimum Gasteiger partial charge on any atom is -0.318 e. The highest BCUT2D eigenvalue weighted by Gasteiger charge is 2.38. The maximum Gasteiger partial charge on any atom is 0.138 e. The molecule has 3 aliphatic rings. The van der Waals surface area contributed by atoms with Crippen LogP contribution in [0, 0.1) is 0 Å². The molecule has 0 N–H and O–H groups in total. The van der Waals surface area contributed by atoms with E-state index in [0.717, 1.165) is 85.6 Å². The average Bonchev–Trinajstić information content (AvgIpc) is 3.80. The quantitative estimate of drug-likeness (QED) is 0.169. The molecule has 0 saturated carbocycles. The number of pyridine rings is 6. The Hall–Kier alpha value is -7.32. The Morgan fingerprint density at radius 2 is 1.16 bits per heavy atom. The Morgan fingerprint density at radius 3 is 1.89 bits per heavy atom. The van der Waals surface area contributed by atoms with Crippen molar-refractivity contribution in [3.63, 3.8) is 0 Å². The van der Waals surface area contributed by atoms with Gasteiger partial charge in [0.25, 0.3) is 0 Å². The molecule has 11 rings (SSSR count). The second-order valence-corrected chi connectivity index (χ2v) is 14.4.